The lowest BCUT2D eigenvalue weighted by Gasteiger charge is -2.37. The Labute approximate surface area is 130 Å². The zero-order valence-corrected chi connectivity index (χ0v) is 13.9. The fraction of sp³-hybridized carbons (Fsp3) is 0.667. The Morgan fingerprint density at radius 1 is 1.00 bits per heavy atom. The van der Waals surface area contributed by atoms with Gasteiger partial charge in [0.15, 0.2) is 0 Å². The van der Waals surface area contributed by atoms with Crippen LogP contribution < -0.4 is 5.32 Å². The molecule has 3 nitrogen and oxygen atoms in total. The molecule has 0 aliphatic carbocycles. The first-order chi connectivity index (χ1) is 10.2. The van der Waals surface area contributed by atoms with E-state index in [4.69, 9.17) is 0 Å². The molecule has 1 aromatic rings. The van der Waals surface area contributed by atoms with Gasteiger partial charge in [0.2, 0.25) is 0 Å². The maximum Gasteiger partial charge on any atom is 0.0234 e. The molecule has 1 heterocycles. The lowest BCUT2D eigenvalue weighted by molar-refractivity contribution is 0.112. The van der Waals surface area contributed by atoms with Gasteiger partial charge in [-0.3, -0.25) is 9.80 Å². The summed E-state index contributed by atoms with van der Waals surface area (Å²) in [6.45, 7) is 14.9. The minimum Gasteiger partial charge on any atom is -0.313 e. The number of hydrogen-bond donors (Lipinski definition) is 1. The number of piperazine rings is 1. The Bertz CT molecular complexity index is 383. The lowest BCUT2D eigenvalue weighted by Crippen LogP contribution is -2.51. The van der Waals surface area contributed by atoms with E-state index in [0.717, 1.165) is 13.1 Å². The summed E-state index contributed by atoms with van der Waals surface area (Å²) in [5.41, 5.74) is 1.43. The Hall–Kier alpha value is -0.900. The summed E-state index contributed by atoms with van der Waals surface area (Å²) in [7, 11) is 0. The summed E-state index contributed by atoms with van der Waals surface area (Å²) >= 11 is 0. The Morgan fingerprint density at radius 3 is 2.19 bits per heavy atom. The van der Waals surface area contributed by atoms with E-state index in [2.05, 4.69) is 66.2 Å². The molecule has 3 heteroatoms. The molecule has 2 rings (SSSR count). The molecule has 1 aliphatic heterocycles. The molecule has 1 aromatic carbocycles. The van der Waals surface area contributed by atoms with Crippen LogP contribution in [0.4, 0.5) is 0 Å². The largest absolute Gasteiger partial charge is 0.313 e. The second-order valence-electron chi connectivity index (χ2n) is 6.47. The molecule has 21 heavy (non-hydrogen) atoms. The van der Waals surface area contributed by atoms with E-state index < -0.39 is 0 Å². The van der Waals surface area contributed by atoms with Crippen LogP contribution in [0.15, 0.2) is 30.3 Å². The van der Waals surface area contributed by atoms with Gasteiger partial charge in [-0.2, -0.15) is 0 Å². The van der Waals surface area contributed by atoms with Gasteiger partial charge in [0, 0.05) is 45.3 Å². The molecule has 1 aliphatic rings. The predicted octanol–water partition coefficient (Wildman–Crippen LogP) is 2.44. The molecular weight excluding hydrogens is 258 g/mol. The fourth-order valence-electron chi connectivity index (χ4n) is 3.02. The van der Waals surface area contributed by atoms with Gasteiger partial charge in [0.25, 0.3) is 0 Å². The van der Waals surface area contributed by atoms with E-state index in [1.807, 2.05) is 0 Å². The summed E-state index contributed by atoms with van der Waals surface area (Å²) in [6, 6.07) is 11.4. The maximum atomic E-state index is 3.63. The molecular formula is C18H31N3. The van der Waals surface area contributed by atoms with Crippen molar-refractivity contribution in [3.05, 3.63) is 35.9 Å². The third kappa shape index (κ3) is 5.42. The van der Waals surface area contributed by atoms with Crippen molar-refractivity contribution in [2.75, 3.05) is 39.3 Å². The van der Waals surface area contributed by atoms with E-state index in [-0.39, 0.29) is 0 Å². The second-order valence-corrected chi connectivity index (χ2v) is 6.47. The van der Waals surface area contributed by atoms with Crippen molar-refractivity contribution in [3.63, 3.8) is 0 Å². The molecule has 0 aromatic heterocycles. The van der Waals surface area contributed by atoms with E-state index in [0.29, 0.717) is 12.0 Å². The van der Waals surface area contributed by atoms with Crippen LogP contribution in [0.5, 0.6) is 0 Å². The summed E-state index contributed by atoms with van der Waals surface area (Å²) in [4.78, 5) is 5.19. The quantitative estimate of drug-likeness (QED) is 0.832. The molecule has 0 radical (unpaired) electrons. The highest BCUT2D eigenvalue weighted by Gasteiger charge is 2.21. The summed E-state index contributed by atoms with van der Waals surface area (Å²) in [6.07, 6.45) is 0. The number of benzene rings is 1. The van der Waals surface area contributed by atoms with Gasteiger partial charge in [-0.25, -0.2) is 0 Å². The smallest absolute Gasteiger partial charge is 0.0234 e. The molecule has 118 valence electrons. The van der Waals surface area contributed by atoms with Gasteiger partial charge >= 0.3 is 0 Å². The number of nitrogens with one attached hydrogen (secondary N) is 1. The minimum absolute atomic E-state index is 0.621. The monoisotopic (exact) mass is 289 g/mol. The number of rotatable bonds is 7. The first-order valence-electron chi connectivity index (χ1n) is 8.41. The average molecular weight is 289 g/mol. The molecule has 0 unspecified atom stereocenters. The third-order valence-corrected chi connectivity index (χ3v) is 4.44. The van der Waals surface area contributed by atoms with Crippen molar-refractivity contribution in [2.45, 2.75) is 33.4 Å². The molecule has 1 N–H and O–H groups in total. The molecule has 0 spiro atoms. The fourth-order valence-corrected chi connectivity index (χ4v) is 3.02. The van der Waals surface area contributed by atoms with Crippen molar-refractivity contribution in [1.82, 2.24) is 15.1 Å². The first kappa shape index (κ1) is 16.5. The number of nitrogens with zero attached hydrogens (tertiary/aromatic N) is 2. The maximum absolute atomic E-state index is 3.63. The van der Waals surface area contributed by atoms with Gasteiger partial charge in [-0.05, 0) is 18.0 Å². The van der Waals surface area contributed by atoms with Crippen molar-refractivity contribution in [3.8, 4) is 0 Å². The SMILES string of the molecule is CCN[C@@H](CN1CCN(Cc2ccccc2)CC1)C(C)C. The first-order valence-corrected chi connectivity index (χ1v) is 8.41. The van der Waals surface area contributed by atoms with Gasteiger partial charge in [0.05, 0.1) is 0 Å². The summed E-state index contributed by atoms with van der Waals surface area (Å²) in [5.74, 6) is 0.701. The van der Waals surface area contributed by atoms with Gasteiger partial charge in [0.1, 0.15) is 0 Å². The number of likely N-dealkylation sites (N-methyl/N-ethyl adjacent to an activating group) is 1. The van der Waals surface area contributed by atoms with Crippen LogP contribution in [0, 0.1) is 5.92 Å². The summed E-state index contributed by atoms with van der Waals surface area (Å²) < 4.78 is 0. The molecule has 1 atom stereocenters. The van der Waals surface area contributed by atoms with Crippen LogP contribution >= 0.6 is 0 Å². The van der Waals surface area contributed by atoms with Crippen molar-refractivity contribution < 1.29 is 0 Å². The van der Waals surface area contributed by atoms with Gasteiger partial charge < -0.3 is 5.32 Å². The highest BCUT2D eigenvalue weighted by molar-refractivity contribution is 5.14. The van der Waals surface area contributed by atoms with Crippen molar-refractivity contribution >= 4 is 0 Å². The topological polar surface area (TPSA) is 18.5 Å². The third-order valence-electron chi connectivity index (χ3n) is 4.44. The second kappa shape index (κ2) is 8.52. The van der Waals surface area contributed by atoms with Gasteiger partial charge in [-0.1, -0.05) is 51.1 Å². The summed E-state index contributed by atoms with van der Waals surface area (Å²) in [5, 5.41) is 3.63. The van der Waals surface area contributed by atoms with Crippen LogP contribution in [0.3, 0.4) is 0 Å². The molecule has 1 saturated heterocycles. The zero-order valence-electron chi connectivity index (χ0n) is 13.9. The van der Waals surface area contributed by atoms with Crippen LogP contribution in [0.2, 0.25) is 0 Å². The minimum atomic E-state index is 0.621. The Morgan fingerprint density at radius 2 is 1.62 bits per heavy atom. The molecule has 0 bridgehead atoms. The molecule has 1 fully saturated rings. The van der Waals surface area contributed by atoms with Crippen LogP contribution in [-0.2, 0) is 6.54 Å². The van der Waals surface area contributed by atoms with E-state index >= 15 is 0 Å². The lowest BCUT2D eigenvalue weighted by atomic mass is 10.0. The standard InChI is InChI=1S/C18H31N3/c1-4-19-18(16(2)3)15-21-12-10-20(11-13-21)14-17-8-6-5-7-9-17/h5-9,16,18-19H,4,10-15H2,1-3H3/t18-/m0/s1. The Kier molecular flexibility index (Phi) is 6.68. The van der Waals surface area contributed by atoms with Crippen LogP contribution in [0.25, 0.3) is 0 Å². The highest BCUT2D eigenvalue weighted by Crippen LogP contribution is 2.10. The van der Waals surface area contributed by atoms with Crippen LogP contribution in [0.1, 0.15) is 26.3 Å². The molecule has 0 saturated carbocycles. The van der Waals surface area contributed by atoms with E-state index in [1.54, 1.807) is 0 Å². The Balaban J connectivity index is 1.75. The van der Waals surface area contributed by atoms with Crippen molar-refractivity contribution in [1.29, 1.82) is 0 Å². The van der Waals surface area contributed by atoms with E-state index in [9.17, 15) is 0 Å². The molecule has 0 amide bonds. The van der Waals surface area contributed by atoms with Gasteiger partial charge in [-0.15, -0.1) is 0 Å². The normalized spacial score (nSPS) is 19.0. The van der Waals surface area contributed by atoms with Crippen LogP contribution in [-0.4, -0.2) is 55.1 Å². The zero-order chi connectivity index (χ0) is 15.1. The van der Waals surface area contributed by atoms with E-state index in [1.165, 1.54) is 38.3 Å². The van der Waals surface area contributed by atoms with Crippen molar-refractivity contribution in [2.24, 2.45) is 5.92 Å². The average Bonchev–Trinajstić information content (AvgIpc) is 2.49. The number of hydrogen-bond acceptors (Lipinski definition) is 3. The highest BCUT2D eigenvalue weighted by atomic mass is 15.3. The predicted molar refractivity (Wildman–Crippen MR) is 90.5 cm³/mol.